The fourth-order valence-electron chi connectivity index (χ4n) is 15.9. The molecule has 0 N–H and O–H groups in total. The Labute approximate surface area is 581 Å². The highest BCUT2D eigenvalue weighted by Gasteiger charge is 2.27. The van der Waals surface area contributed by atoms with Gasteiger partial charge in [0.2, 0.25) is 11.9 Å². The van der Waals surface area contributed by atoms with Gasteiger partial charge in [0.1, 0.15) is 0 Å². The molecular formula is C89H101N9. The van der Waals surface area contributed by atoms with Crippen molar-refractivity contribution in [2.75, 3.05) is 9.80 Å². The maximum Gasteiger partial charge on any atom is 0.240 e. The van der Waals surface area contributed by atoms with Gasteiger partial charge in [0, 0.05) is 142 Å². The van der Waals surface area contributed by atoms with Crippen LogP contribution in [-0.2, 0) is 26.2 Å². The molecule has 0 saturated carbocycles. The molecule has 98 heavy (non-hydrogen) atoms. The number of nitrogens with zero attached hydrogens (tertiary/aromatic N) is 9. The highest BCUT2D eigenvalue weighted by atomic mass is 15.3. The second kappa shape index (κ2) is 31.5. The van der Waals surface area contributed by atoms with Crippen molar-refractivity contribution < 1.29 is 0 Å². The molecule has 0 unspecified atom stereocenters. The number of para-hydroxylation sites is 4. The van der Waals surface area contributed by atoms with Gasteiger partial charge in [-0.05, 0) is 123 Å². The Hall–Kier alpha value is -9.21. The maximum atomic E-state index is 5.95. The van der Waals surface area contributed by atoms with Crippen molar-refractivity contribution in [3.05, 3.63) is 200 Å². The van der Waals surface area contributed by atoms with E-state index in [2.05, 4.69) is 256 Å². The molecule has 0 fully saturated rings. The molecule has 9 aromatic carbocycles. The van der Waals surface area contributed by atoms with Gasteiger partial charge < -0.3 is 18.3 Å². The molecule has 0 aliphatic carbocycles. The van der Waals surface area contributed by atoms with Crippen molar-refractivity contribution in [3.8, 4) is 11.4 Å². The molecule has 0 amide bonds. The van der Waals surface area contributed by atoms with Crippen molar-refractivity contribution in [2.45, 2.75) is 208 Å². The summed E-state index contributed by atoms with van der Waals surface area (Å²) in [6.07, 6.45) is 30.1. The third kappa shape index (κ3) is 13.8. The lowest BCUT2D eigenvalue weighted by Crippen LogP contribution is -2.19. The van der Waals surface area contributed by atoms with Crippen molar-refractivity contribution in [3.63, 3.8) is 0 Å². The zero-order valence-corrected chi connectivity index (χ0v) is 58.9. The van der Waals surface area contributed by atoms with Crippen molar-refractivity contribution in [1.82, 2.24) is 33.2 Å². The first-order valence-corrected chi connectivity index (χ1v) is 38.0. The van der Waals surface area contributed by atoms with Crippen LogP contribution in [0.1, 0.15) is 182 Å². The third-order valence-corrected chi connectivity index (χ3v) is 21.0. The average molecular weight is 1300 g/mol. The molecule has 9 heteroatoms. The largest absolute Gasteiger partial charge is 0.340 e. The lowest BCUT2D eigenvalue weighted by Gasteiger charge is -2.28. The summed E-state index contributed by atoms with van der Waals surface area (Å²) in [5.74, 6) is 1.68. The van der Waals surface area contributed by atoms with Gasteiger partial charge in [-0.1, -0.05) is 259 Å². The van der Waals surface area contributed by atoms with Gasteiger partial charge in [0.15, 0.2) is 5.82 Å². The summed E-state index contributed by atoms with van der Waals surface area (Å²) in [7, 11) is 0. The van der Waals surface area contributed by atoms with Crippen LogP contribution in [0.5, 0.6) is 0 Å². The standard InChI is InChI=1S/C89H101N9/c1-5-9-13-17-21-36-58-93-79-46-32-28-42-71(79)75-62-67(50-54-83(75)93)97(68-51-55-84-76(63-68)72-43-29-33-47-80(72)94(84)59-37-22-18-14-10-6-2)88-90-87(66-40-26-25-27-41-66)91-89(92-88)98(69-52-56-85-77(64-69)73-44-30-34-48-81(73)95(85)60-38-23-19-15-11-7-3)70-53-57-86-78(65-70)74-45-31-35-49-82(74)96(86)61-39-24-20-16-12-8-4/h25-35,40-57,62-65H,5-24,36-39,58-61H2,1-4H3. The molecule has 0 atom stereocenters. The fraction of sp³-hybridized carbons (Fsp3) is 0.360. The topological polar surface area (TPSA) is 64.9 Å². The quantitative estimate of drug-likeness (QED) is 0.0370. The predicted molar refractivity (Wildman–Crippen MR) is 420 cm³/mol. The van der Waals surface area contributed by atoms with Crippen molar-refractivity contribution in [1.29, 1.82) is 0 Å². The van der Waals surface area contributed by atoms with E-state index in [0.29, 0.717) is 17.7 Å². The molecule has 14 aromatic rings. The Kier molecular flexibility index (Phi) is 21.3. The average Bonchev–Trinajstić information content (AvgIpc) is 1.51. The molecule has 0 radical (unpaired) electrons. The van der Waals surface area contributed by atoms with E-state index in [1.807, 2.05) is 0 Å². The van der Waals surface area contributed by atoms with Crippen molar-refractivity contribution >= 4 is 122 Å². The van der Waals surface area contributed by atoms with E-state index < -0.39 is 0 Å². The minimum absolute atomic E-state index is 0.539. The molecular weight excluding hydrogens is 1200 g/mol. The summed E-state index contributed by atoms with van der Waals surface area (Å²) in [4.78, 5) is 22.0. The number of benzene rings is 9. The number of anilines is 6. The zero-order valence-electron chi connectivity index (χ0n) is 58.9. The van der Waals surface area contributed by atoms with Crippen molar-refractivity contribution in [2.24, 2.45) is 0 Å². The Morgan fingerprint density at radius 3 is 0.765 bits per heavy atom. The van der Waals surface area contributed by atoms with E-state index in [4.69, 9.17) is 15.0 Å². The van der Waals surface area contributed by atoms with Crippen LogP contribution < -0.4 is 9.80 Å². The van der Waals surface area contributed by atoms with E-state index in [9.17, 15) is 0 Å². The Morgan fingerprint density at radius 2 is 0.480 bits per heavy atom. The minimum atomic E-state index is 0.539. The molecule has 5 heterocycles. The van der Waals surface area contributed by atoms with Crippen LogP contribution in [0.4, 0.5) is 34.6 Å². The number of aromatic nitrogens is 7. The molecule has 0 aliphatic rings. The molecule has 14 rings (SSSR count). The van der Waals surface area contributed by atoms with Crippen LogP contribution in [-0.4, -0.2) is 33.2 Å². The normalized spacial score (nSPS) is 12.0. The maximum absolute atomic E-state index is 5.95. The summed E-state index contributed by atoms with van der Waals surface area (Å²) in [5.41, 5.74) is 14.9. The van der Waals surface area contributed by atoms with E-state index in [-0.39, 0.29) is 0 Å². The van der Waals surface area contributed by atoms with Gasteiger partial charge in [-0.25, -0.2) is 0 Å². The van der Waals surface area contributed by atoms with Gasteiger partial charge >= 0.3 is 0 Å². The van der Waals surface area contributed by atoms with Crippen LogP contribution in [0.2, 0.25) is 0 Å². The van der Waals surface area contributed by atoms with E-state index in [0.717, 1.165) is 80.2 Å². The molecule has 0 bridgehead atoms. The van der Waals surface area contributed by atoms with Crippen LogP contribution in [0.25, 0.3) is 98.6 Å². The van der Waals surface area contributed by atoms with E-state index in [1.54, 1.807) is 0 Å². The zero-order chi connectivity index (χ0) is 66.6. The first kappa shape index (κ1) is 66.0. The Morgan fingerprint density at radius 1 is 0.235 bits per heavy atom. The van der Waals surface area contributed by atoms with Gasteiger partial charge in [0.05, 0.1) is 0 Å². The van der Waals surface area contributed by atoms with Crippen LogP contribution in [0.15, 0.2) is 200 Å². The summed E-state index contributed by atoms with van der Waals surface area (Å²) in [6, 6.07) is 75.0. The number of unbranched alkanes of at least 4 members (excludes halogenated alkanes) is 20. The Balaban J connectivity index is 0.977. The fourth-order valence-corrected chi connectivity index (χ4v) is 15.9. The van der Waals surface area contributed by atoms with Gasteiger partial charge in [-0.2, -0.15) is 15.0 Å². The Bertz CT molecular complexity index is 4430. The number of rotatable bonds is 35. The summed E-state index contributed by atoms with van der Waals surface area (Å²) in [6.45, 7) is 13.1. The summed E-state index contributed by atoms with van der Waals surface area (Å²) >= 11 is 0. The lowest BCUT2D eigenvalue weighted by atomic mass is 10.1. The highest BCUT2D eigenvalue weighted by molar-refractivity contribution is 6.13. The summed E-state index contributed by atoms with van der Waals surface area (Å²) < 4.78 is 10.3. The van der Waals surface area contributed by atoms with Gasteiger partial charge in [-0.3, -0.25) is 9.80 Å². The number of fused-ring (bicyclic) bond motifs is 12. The third-order valence-electron chi connectivity index (χ3n) is 21.0. The number of aryl methyl sites for hydroxylation is 4. The predicted octanol–water partition coefficient (Wildman–Crippen LogP) is 26.4. The monoisotopic (exact) mass is 1300 g/mol. The molecule has 9 nitrogen and oxygen atoms in total. The van der Waals surface area contributed by atoms with E-state index in [1.165, 1.54) is 216 Å². The highest BCUT2D eigenvalue weighted by Crippen LogP contribution is 2.45. The second-order valence-corrected chi connectivity index (χ2v) is 27.8. The van der Waals surface area contributed by atoms with Gasteiger partial charge in [-0.15, -0.1) is 0 Å². The molecule has 0 spiro atoms. The molecule has 0 aliphatic heterocycles. The second-order valence-electron chi connectivity index (χ2n) is 27.8. The van der Waals surface area contributed by atoms with E-state index >= 15 is 0 Å². The van der Waals surface area contributed by atoms with Crippen LogP contribution >= 0.6 is 0 Å². The van der Waals surface area contributed by atoms with Crippen LogP contribution in [0, 0.1) is 0 Å². The molecule has 0 saturated heterocycles. The SMILES string of the molecule is CCCCCCCCn1c2ccccc2c2cc(N(c3ccc4c(c3)c3ccccc3n4CCCCCCCC)c3nc(-c4ccccc4)nc(N(c4ccc5c(c4)c4ccccc4n5CCCCCCCC)c4ccc5c(c4)c4ccccc4n5CCCCCCCC)n3)ccc21. The smallest absolute Gasteiger partial charge is 0.240 e. The first-order chi connectivity index (χ1) is 48.5. The summed E-state index contributed by atoms with van der Waals surface area (Å²) in [5, 5.41) is 9.89. The minimum Gasteiger partial charge on any atom is -0.340 e. The first-order valence-electron chi connectivity index (χ1n) is 38.0. The lowest BCUT2D eigenvalue weighted by molar-refractivity contribution is 0.571. The number of hydrogen-bond donors (Lipinski definition) is 0. The van der Waals surface area contributed by atoms with Gasteiger partial charge in [0.25, 0.3) is 0 Å². The van der Waals surface area contributed by atoms with Crippen LogP contribution in [0.3, 0.4) is 0 Å². The molecule has 502 valence electrons. The number of hydrogen-bond acceptors (Lipinski definition) is 5. The molecule has 5 aromatic heterocycles.